The molecule has 0 saturated carbocycles. The third-order valence-electron chi connectivity index (χ3n) is 4.02. The molecule has 0 amide bonds. The number of nitrogens with one attached hydrogen (secondary N) is 1. The van der Waals surface area contributed by atoms with Crippen LogP contribution in [0.5, 0.6) is 0 Å². The Kier molecular flexibility index (Phi) is 5.05. The summed E-state index contributed by atoms with van der Waals surface area (Å²) in [5.41, 5.74) is 9.44. The molecule has 0 unspecified atom stereocenters. The van der Waals surface area contributed by atoms with Gasteiger partial charge in [0, 0.05) is 37.4 Å². The van der Waals surface area contributed by atoms with Crippen molar-refractivity contribution in [3.05, 3.63) is 35.9 Å². The minimum atomic E-state index is 0.750. The van der Waals surface area contributed by atoms with Crippen LogP contribution in [0, 0.1) is 6.92 Å². The Labute approximate surface area is 136 Å². The molecule has 3 rings (SSSR count). The van der Waals surface area contributed by atoms with Crippen molar-refractivity contribution in [2.75, 3.05) is 50.4 Å². The minimum absolute atomic E-state index is 0.750. The van der Waals surface area contributed by atoms with Crippen molar-refractivity contribution in [1.29, 1.82) is 0 Å². The number of rotatable bonds is 5. The molecule has 2 aromatic rings. The summed E-state index contributed by atoms with van der Waals surface area (Å²) in [6.45, 7) is 7.56. The molecule has 0 radical (unpaired) electrons. The average molecular weight is 313 g/mol. The Balaban J connectivity index is 1.59. The van der Waals surface area contributed by atoms with E-state index in [1.54, 1.807) is 0 Å². The molecule has 0 bridgehead atoms. The lowest BCUT2D eigenvalue weighted by Crippen LogP contribution is -2.39. The number of anilines is 2. The van der Waals surface area contributed by atoms with Crippen LogP contribution in [-0.2, 0) is 4.74 Å². The Morgan fingerprint density at radius 2 is 1.91 bits per heavy atom. The molecular weight excluding hydrogens is 290 g/mol. The van der Waals surface area contributed by atoms with Gasteiger partial charge in [0.05, 0.1) is 18.9 Å². The first kappa shape index (κ1) is 15.7. The number of hydrogen-bond donors (Lipinski definition) is 2. The molecule has 1 fully saturated rings. The molecule has 0 atom stereocenters. The van der Waals surface area contributed by atoms with Gasteiger partial charge in [-0.05, 0) is 30.7 Å². The number of nitrogens with two attached hydrogens (primary N) is 1. The summed E-state index contributed by atoms with van der Waals surface area (Å²) in [4.78, 5) is 2.39. The van der Waals surface area contributed by atoms with Gasteiger partial charge in [-0.25, -0.2) is 0 Å². The fraction of sp³-hybridized carbons (Fsp3) is 0.412. The number of benzene rings is 1. The van der Waals surface area contributed by atoms with Crippen LogP contribution in [0.1, 0.15) is 5.56 Å². The van der Waals surface area contributed by atoms with E-state index in [1.807, 2.05) is 31.2 Å². The number of nitrogen functional groups attached to an aromatic ring is 1. The molecule has 122 valence electrons. The van der Waals surface area contributed by atoms with Crippen molar-refractivity contribution >= 4 is 11.5 Å². The van der Waals surface area contributed by atoms with E-state index >= 15 is 0 Å². The highest BCUT2D eigenvalue weighted by molar-refractivity contribution is 5.63. The predicted molar refractivity (Wildman–Crippen MR) is 92.4 cm³/mol. The first-order chi connectivity index (χ1) is 11.2. The standard InChI is InChI=1S/C17H23N5O/c1-13-12-16(14-2-4-15(18)5-3-14)20-21-17(13)19-6-7-22-8-10-23-11-9-22/h2-5,12H,6-11,18H2,1H3,(H,19,21). The molecule has 1 aromatic heterocycles. The van der Waals surface area contributed by atoms with Crippen LogP contribution in [0.2, 0.25) is 0 Å². The zero-order chi connectivity index (χ0) is 16.1. The van der Waals surface area contributed by atoms with Gasteiger partial charge < -0.3 is 15.8 Å². The highest BCUT2D eigenvalue weighted by Gasteiger charge is 2.10. The van der Waals surface area contributed by atoms with E-state index in [9.17, 15) is 0 Å². The van der Waals surface area contributed by atoms with E-state index < -0.39 is 0 Å². The summed E-state index contributed by atoms with van der Waals surface area (Å²) in [7, 11) is 0. The molecule has 0 spiro atoms. The van der Waals surface area contributed by atoms with E-state index in [0.717, 1.165) is 67.7 Å². The highest BCUT2D eigenvalue weighted by Crippen LogP contribution is 2.21. The Hall–Kier alpha value is -2.18. The van der Waals surface area contributed by atoms with Crippen molar-refractivity contribution in [1.82, 2.24) is 15.1 Å². The van der Waals surface area contributed by atoms with Gasteiger partial charge >= 0.3 is 0 Å². The van der Waals surface area contributed by atoms with Crippen LogP contribution in [-0.4, -0.2) is 54.5 Å². The highest BCUT2D eigenvalue weighted by atomic mass is 16.5. The zero-order valence-electron chi connectivity index (χ0n) is 13.5. The molecule has 23 heavy (non-hydrogen) atoms. The second kappa shape index (κ2) is 7.39. The lowest BCUT2D eigenvalue weighted by atomic mass is 10.1. The third-order valence-corrected chi connectivity index (χ3v) is 4.02. The third kappa shape index (κ3) is 4.18. The molecule has 1 aliphatic heterocycles. The van der Waals surface area contributed by atoms with Crippen LogP contribution in [0.15, 0.2) is 30.3 Å². The van der Waals surface area contributed by atoms with E-state index in [-0.39, 0.29) is 0 Å². The van der Waals surface area contributed by atoms with Gasteiger partial charge in [-0.2, -0.15) is 0 Å². The first-order valence-electron chi connectivity index (χ1n) is 7.96. The smallest absolute Gasteiger partial charge is 0.151 e. The largest absolute Gasteiger partial charge is 0.399 e. The van der Waals surface area contributed by atoms with Crippen LogP contribution in [0.4, 0.5) is 11.5 Å². The fourth-order valence-corrected chi connectivity index (χ4v) is 2.61. The molecule has 1 aromatic carbocycles. The molecule has 1 saturated heterocycles. The van der Waals surface area contributed by atoms with Gasteiger partial charge in [0.25, 0.3) is 0 Å². The number of aromatic nitrogens is 2. The molecule has 3 N–H and O–H groups in total. The number of ether oxygens (including phenoxy) is 1. The Bertz CT molecular complexity index is 638. The van der Waals surface area contributed by atoms with Crippen molar-refractivity contribution in [2.24, 2.45) is 0 Å². The van der Waals surface area contributed by atoms with Crippen LogP contribution in [0.3, 0.4) is 0 Å². The summed E-state index contributed by atoms with van der Waals surface area (Å²) in [5, 5.41) is 12.0. The zero-order valence-corrected chi connectivity index (χ0v) is 13.5. The topological polar surface area (TPSA) is 76.3 Å². The van der Waals surface area contributed by atoms with Crippen LogP contribution >= 0.6 is 0 Å². The molecule has 6 nitrogen and oxygen atoms in total. The van der Waals surface area contributed by atoms with Gasteiger partial charge in [-0.3, -0.25) is 4.90 Å². The molecule has 6 heteroatoms. The summed E-state index contributed by atoms with van der Waals surface area (Å²) >= 11 is 0. The molecule has 0 aliphatic carbocycles. The number of morpholine rings is 1. The number of aryl methyl sites for hydroxylation is 1. The summed E-state index contributed by atoms with van der Waals surface area (Å²) < 4.78 is 5.35. The Morgan fingerprint density at radius 1 is 1.17 bits per heavy atom. The van der Waals surface area contributed by atoms with E-state index in [4.69, 9.17) is 10.5 Å². The van der Waals surface area contributed by atoms with Gasteiger partial charge in [-0.1, -0.05) is 12.1 Å². The maximum absolute atomic E-state index is 5.72. The maximum atomic E-state index is 5.72. The summed E-state index contributed by atoms with van der Waals surface area (Å²) in [5.74, 6) is 0.845. The monoisotopic (exact) mass is 313 g/mol. The number of nitrogens with zero attached hydrogens (tertiary/aromatic N) is 3. The SMILES string of the molecule is Cc1cc(-c2ccc(N)cc2)nnc1NCCN1CCOCC1. The Morgan fingerprint density at radius 3 is 2.61 bits per heavy atom. The van der Waals surface area contributed by atoms with Crippen LogP contribution < -0.4 is 11.1 Å². The predicted octanol–water partition coefficient (Wildman–Crippen LogP) is 1.78. The van der Waals surface area contributed by atoms with Crippen LogP contribution in [0.25, 0.3) is 11.3 Å². The van der Waals surface area contributed by atoms with E-state index in [2.05, 4.69) is 26.5 Å². The lowest BCUT2D eigenvalue weighted by Gasteiger charge is -2.26. The normalized spacial score (nSPS) is 15.5. The number of hydrogen-bond acceptors (Lipinski definition) is 6. The van der Waals surface area contributed by atoms with E-state index in [0.29, 0.717) is 0 Å². The van der Waals surface area contributed by atoms with Crippen molar-refractivity contribution in [3.8, 4) is 11.3 Å². The minimum Gasteiger partial charge on any atom is -0.399 e. The average Bonchev–Trinajstić information content (AvgIpc) is 2.58. The molecule has 1 aliphatic rings. The summed E-state index contributed by atoms with van der Waals surface area (Å²) in [6.07, 6.45) is 0. The van der Waals surface area contributed by atoms with E-state index in [1.165, 1.54) is 0 Å². The second-order valence-corrected chi connectivity index (χ2v) is 5.76. The lowest BCUT2D eigenvalue weighted by molar-refractivity contribution is 0.0398. The fourth-order valence-electron chi connectivity index (χ4n) is 2.61. The van der Waals surface area contributed by atoms with Crippen molar-refractivity contribution in [2.45, 2.75) is 6.92 Å². The van der Waals surface area contributed by atoms with Crippen molar-refractivity contribution < 1.29 is 4.74 Å². The van der Waals surface area contributed by atoms with Gasteiger partial charge in [0.2, 0.25) is 0 Å². The summed E-state index contributed by atoms with van der Waals surface area (Å²) in [6, 6.07) is 9.73. The second-order valence-electron chi connectivity index (χ2n) is 5.76. The quantitative estimate of drug-likeness (QED) is 0.820. The first-order valence-corrected chi connectivity index (χ1v) is 7.96. The molecular formula is C17H23N5O. The maximum Gasteiger partial charge on any atom is 0.151 e. The van der Waals surface area contributed by atoms with Crippen molar-refractivity contribution in [3.63, 3.8) is 0 Å². The van der Waals surface area contributed by atoms with Gasteiger partial charge in [0.15, 0.2) is 5.82 Å². The van der Waals surface area contributed by atoms with Gasteiger partial charge in [-0.15, -0.1) is 10.2 Å². The van der Waals surface area contributed by atoms with Gasteiger partial charge in [0.1, 0.15) is 0 Å². The molecule has 2 heterocycles.